The molecule has 1 N–H and O–H groups in total. The van der Waals surface area contributed by atoms with Gasteiger partial charge in [0.25, 0.3) is 10.0 Å². The Labute approximate surface area is 211 Å². The SMILES string of the molecule is CCC(NC(=O)CN(c1cccc(Cl)c1C)S(=O)(=O)c1ccccc1)c1ccc(S(C)(=O)=O)cc1. The van der Waals surface area contributed by atoms with E-state index in [0.29, 0.717) is 28.3 Å². The van der Waals surface area contributed by atoms with Crippen LogP contribution in [0.1, 0.15) is 30.5 Å². The zero-order valence-electron chi connectivity index (χ0n) is 19.6. The third-order valence-corrected chi connectivity index (χ3v) is 8.89. The van der Waals surface area contributed by atoms with Crippen molar-refractivity contribution in [3.05, 3.63) is 88.9 Å². The van der Waals surface area contributed by atoms with Crippen molar-refractivity contribution in [1.82, 2.24) is 5.32 Å². The fraction of sp³-hybridized carbons (Fsp3) is 0.240. The summed E-state index contributed by atoms with van der Waals surface area (Å²) in [5.74, 6) is -0.511. The molecule has 1 atom stereocenters. The molecule has 7 nitrogen and oxygen atoms in total. The van der Waals surface area contributed by atoms with E-state index in [1.165, 1.54) is 24.3 Å². The maximum absolute atomic E-state index is 13.5. The maximum atomic E-state index is 13.5. The summed E-state index contributed by atoms with van der Waals surface area (Å²) in [6.45, 7) is 3.10. The molecule has 3 rings (SSSR count). The van der Waals surface area contributed by atoms with E-state index in [-0.39, 0.29) is 9.79 Å². The molecule has 0 aliphatic rings. The number of anilines is 1. The molecule has 0 bridgehead atoms. The number of hydrogen-bond donors (Lipinski definition) is 1. The average molecular weight is 535 g/mol. The van der Waals surface area contributed by atoms with E-state index in [1.54, 1.807) is 55.5 Å². The first kappa shape index (κ1) is 26.7. The van der Waals surface area contributed by atoms with Crippen molar-refractivity contribution < 1.29 is 21.6 Å². The van der Waals surface area contributed by atoms with Crippen LogP contribution in [0.5, 0.6) is 0 Å². The molecule has 0 aliphatic heterocycles. The molecule has 3 aromatic rings. The highest BCUT2D eigenvalue weighted by Crippen LogP contribution is 2.31. The van der Waals surface area contributed by atoms with Gasteiger partial charge in [0.1, 0.15) is 6.54 Å². The number of nitrogens with one attached hydrogen (secondary N) is 1. The Balaban J connectivity index is 1.92. The van der Waals surface area contributed by atoms with E-state index in [2.05, 4.69) is 5.32 Å². The van der Waals surface area contributed by atoms with Gasteiger partial charge in [0.2, 0.25) is 5.91 Å². The van der Waals surface area contributed by atoms with E-state index in [9.17, 15) is 21.6 Å². The number of sulfone groups is 1. The summed E-state index contributed by atoms with van der Waals surface area (Å²) < 4.78 is 51.6. The van der Waals surface area contributed by atoms with Gasteiger partial charge in [0, 0.05) is 11.3 Å². The van der Waals surface area contributed by atoms with Gasteiger partial charge in [-0.3, -0.25) is 9.10 Å². The highest BCUT2D eigenvalue weighted by molar-refractivity contribution is 7.93. The molecule has 0 saturated heterocycles. The van der Waals surface area contributed by atoms with Crippen molar-refractivity contribution in [3.8, 4) is 0 Å². The molecule has 35 heavy (non-hydrogen) atoms. The monoisotopic (exact) mass is 534 g/mol. The van der Waals surface area contributed by atoms with E-state index in [1.807, 2.05) is 6.92 Å². The second kappa shape index (κ2) is 10.8. The molecule has 1 unspecified atom stereocenters. The fourth-order valence-corrected chi connectivity index (χ4v) is 5.92. The van der Waals surface area contributed by atoms with Gasteiger partial charge in [-0.1, -0.05) is 54.9 Å². The van der Waals surface area contributed by atoms with Crippen LogP contribution in [0, 0.1) is 6.92 Å². The first-order chi connectivity index (χ1) is 16.4. The van der Waals surface area contributed by atoms with Gasteiger partial charge >= 0.3 is 0 Å². The molecule has 186 valence electrons. The Morgan fingerprint density at radius 3 is 2.11 bits per heavy atom. The number of halogens is 1. The van der Waals surface area contributed by atoms with Gasteiger partial charge in [0.15, 0.2) is 9.84 Å². The summed E-state index contributed by atoms with van der Waals surface area (Å²) in [6.07, 6.45) is 1.65. The average Bonchev–Trinajstić information content (AvgIpc) is 2.83. The van der Waals surface area contributed by atoms with Crippen molar-refractivity contribution in [2.75, 3.05) is 17.1 Å². The third-order valence-electron chi connectivity index (χ3n) is 5.58. The molecule has 0 aliphatic carbocycles. The molecule has 0 saturated carbocycles. The number of benzene rings is 3. The molecule has 1 amide bonds. The normalized spacial score (nSPS) is 12.7. The van der Waals surface area contributed by atoms with Crippen molar-refractivity contribution in [1.29, 1.82) is 0 Å². The van der Waals surface area contributed by atoms with E-state index >= 15 is 0 Å². The minimum Gasteiger partial charge on any atom is -0.348 e. The first-order valence-corrected chi connectivity index (χ1v) is 14.6. The molecular formula is C25H27ClN2O5S2. The van der Waals surface area contributed by atoms with Crippen molar-refractivity contribution in [3.63, 3.8) is 0 Å². The molecule has 0 fully saturated rings. The summed E-state index contributed by atoms with van der Waals surface area (Å²) in [7, 11) is -7.41. The molecule has 3 aromatic carbocycles. The van der Waals surface area contributed by atoms with Gasteiger partial charge in [-0.05, 0) is 60.9 Å². The van der Waals surface area contributed by atoms with Gasteiger partial charge < -0.3 is 5.32 Å². The standard InChI is InChI=1S/C25H27ClN2O5S2/c1-4-23(19-13-15-20(16-14-19)34(3,30)31)27-25(29)17-28(24-12-8-11-22(26)18(24)2)35(32,33)21-9-6-5-7-10-21/h5-16,23H,4,17H2,1-3H3,(H,27,29). The van der Waals surface area contributed by atoms with E-state index < -0.39 is 38.4 Å². The Kier molecular flexibility index (Phi) is 8.25. The van der Waals surface area contributed by atoms with Crippen LogP contribution in [-0.4, -0.2) is 35.5 Å². The molecule has 0 spiro atoms. The number of sulfonamides is 1. The lowest BCUT2D eigenvalue weighted by Crippen LogP contribution is -2.42. The summed E-state index contributed by atoms with van der Waals surface area (Å²) in [5.41, 5.74) is 1.55. The number of rotatable bonds is 9. The molecule has 10 heteroatoms. The second-order valence-electron chi connectivity index (χ2n) is 8.08. The summed E-state index contributed by atoms with van der Waals surface area (Å²) in [5, 5.41) is 3.25. The maximum Gasteiger partial charge on any atom is 0.264 e. The lowest BCUT2D eigenvalue weighted by atomic mass is 10.0. The van der Waals surface area contributed by atoms with Crippen molar-refractivity contribution >= 4 is 43.1 Å². The number of amides is 1. The number of carbonyl (C=O) groups excluding carboxylic acids is 1. The van der Waals surface area contributed by atoms with Crippen LogP contribution in [-0.2, 0) is 24.7 Å². The van der Waals surface area contributed by atoms with Crippen LogP contribution in [0.25, 0.3) is 0 Å². The quantitative estimate of drug-likeness (QED) is 0.435. The Bertz CT molecular complexity index is 1410. The summed E-state index contributed by atoms with van der Waals surface area (Å²) in [4.78, 5) is 13.4. The van der Waals surface area contributed by atoms with Gasteiger partial charge in [-0.15, -0.1) is 0 Å². The van der Waals surface area contributed by atoms with Crippen LogP contribution in [0.2, 0.25) is 5.02 Å². The molecule has 0 heterocycles. The van der Waals surface area contributed by atoms with E-state index in [0.717, 1.165) is 10.6 Å². The third kappa shape index (κ3) is 6.22. The lowest BCUT2D eigenvalue weighted by molar-refractivity contribution is -0.120. The largest absolute Gasteiger partial charge is 0.348 e. The minimum atomic E-state index is -4.07. The van der Waals surface area contributed by atoms with Crippen molar-refractivity contribution in [2.24, 2.45) is 0 Å². The summed E-state index contributed by atoms with van der Waals surface area (Å²) in [6, 6.07) is 18.6. The fourth-order valence-electron chi connectivity index (χ4n) is 3.62. The first-order valence-electron chi connectivity index (χ1n) is 10.9. The Morgan fingerprint density at radius 2 is 1.54 bits per heavy atom. The van der Waals surface area contributed by atoms with Crippen molar-refractivity contribution in [2.45, 2.75) is 36.1 Å². The van der Waals surface area contributed by atoms with E-state index in [4.69, 9.17) is 11.6 Å². The number of carbonyl (C=O) groups is 1. The minimum absolute atomic E-state index is 0.0515. The van der Waals surface area contributed by atoms with Gasteiger partial charge in [-0.2, -0.15) is 0 Å². The van der Waals surface area contributed by atoms with Crippen LogP contribution in [0.15, 0.2) is 82.6 Å². The lowest BCUT2D eigenvalue weighted by Gasteiger charge is -2.27. The van der Waals surface area contributed by atoms with Crippen LogP contribution < -0.4 is 9.62 Å². The zero-order valence-corrected chi connectivity index (χ0v) is 22.0. The molecule has 0 aromatic heterocycles. The molecular weight excluding hydrogens is 508 g/mol. The highest BCUT2D eigenvalue weighted by atomic mass is 35.5. The highest BCUT2D eigenvalue weighted by Gasteiger charge is 2.29. The number of hydrogen-bond acceptors (Lipinski definition) is 5. The zero-order chi connectivity index (χ0) is 25.8. The molecule has 0 radical (unpaired) electrons. The predicted octanol–water partition coefficient (Wildman–Crippen LogP) is 4.51. The van der Waals surface area contributed by atoms with Gasteiger partial charge in [-0.25, -0.2) is 16.8 Å². The smallest absolute Gasteiger partial charge is 0.264 e. The number of nitrogens with zero attached hydrogens (tertiary/aromatic N) is 1. The Hall–Kier alpha value is -2.88. The topological polar surface area (TPSA) is 101 Å². The van der Waals surface area contributed by atoms with Gasteiger partial charge in [0.05, 0.1) is 21.5 Å². The van der Waals surface area contributed by atoms with Crippen LogP contribution >= 0.6 is 11.6 Å². The van der Waals surface area contributed by atoms with Crippen LogP contribution in [0.4, 0.5) is 5.69 Å². The van der Waals surface area contributed by atoms with Crippen LogP contribution in [0.3, 0.4) is 0 Å². The predicted molar refractivity (Wildman–Crippen MR) is 138 cm³/mol. The summed E-state index contributed by atoms with van der Waals surface area (Å²) >= 11 is 6.26. The second-order valence-corrected chi connectivity index (χ2v) is 12.4. The Morgan fingerprint density at radius 1 is 0.914 bits per heavy atom.